The standard InChI is InChI=1S/C10H15N3O2/c1-10(2,11)7-12-8-3-5-9(6-4-8)13(14)15/h3-6,12H,7,11H2,1-2H3. The van der Waals surface area contributed by atoms with Crippen molar-refractivity contribution in [1.82, 2.24) is 0 Å². The maximum atomic E-state index is 10.4. The molecule has 1 aromatic rings. The molecule has 0 aromatic heterocycles. The lowest BCUT2D eigenvalue weighted by molar-refractivity contribution is -0.384. The van der Waals surface area contributed by atoms with Gasteiger partial charge in [0.15, 0.2) is 0 Å². The summed E-state index contributed by atoms with van der Waals surface area (Å²) in [6.45, 7) is 4.43. The van der Waals surface area contributed by atoms with E-state index in [0.717, 1.165) is 5.69 Å². The summed E-state index contributed by atoms with van der Waals surface area (Å²) in [7, 11) is 0. The number of nitro benzene ring substituents is 1. The largest absolute Gasteiger partial charge is 0.383 e. The first-order valence-corrected chi connectivity index (χ1v) is 4.66. The van der Waals surface area contributed by atoms with Crippen LogP contribution in [0.3, 0.4) is 0 Å². The zero-order valence-electron chi connectivity index (χ0n) is 8.86. The third-order valence-electron chi connectivity index (χ3n) is 1.83. The van der Waals surface area contributed by atoms with E-state index in [4.69, 9.17) is 5.73 Å². The topological polar surface area (TPSA) is 81.2 Å². The minimum Gasteiger partial charge on any atom is -0.383 e. The number of nitrogens with two attached hydrogens (primary N) is 1. The molecule has 0 bridgehead atoms. The van der Waals surface area contributed by atoms with Gasteiger partial charge < -0.3 is 11.1 Å². The molecule has 0 aliphatic heterocycles. The summed E-state index contributed by atoms with van der Waals surface area (Å²) >= 11 is 0. The molecule has 1 rings (SSSR count). The first-order valence-electron chi connectivity index (χ1n) is 4.66. The van der Waals surface area contributed by atoms with Gasteiger partial charge in [0.1, 0.15) is 0 Å². The third kappa shape index (κ3) is 3.95. The second kappa shape index (κ2) is 4.27. The molecule has 0 heterocycles. The van der Waals surface area contributed by atoms with Crippen molar-refractivity contribution in [2.24, 2.45) is 5.73 Å². The Morgan fingerprint density at radius 3 is 2.33 bits per heavy atom. The number of hydrogen-bond donors (Lipinski definition) is 2. The third-order valence-corrected chi connectivity index (χ3v) is 1.83. The van der Waals surface area contributed by atoms with Crippen molar-refractivity contribution in [2.75, 3.05) is 11.9 Å². The van der Waals surface area contributed by atoms with E-state index in [2.05, 4.69) is 5.32 Å². The van der Waals surface area contributed by atoms with Crippen LogP contribution in [0, 0.1) is 10.1 Å². The Kier molecular flexibility index (Phi) is 3.26. The molecule has 0 atom stereocenters. The Balaban J connectivity index is 2.61. The van der Waals surface area contributed by atoms with Gasteiger partial charge in [-0.15, -0.1) is 0 Å². The number of non-ortho nitro benzene ring substituents is 1. The number of nitro groups is 1. The van der Waals surface area contributed by atoms with E-state index in [1.807, 2.05) is 13.8 Å². The van der Waals surface area contributed by atoms with Gasteiger partial charge in [-0.3, -0.25) is 10.1 Å². The number of benzene rings is 1. The predicted octanol–water partition coefficient (Wildman–Crippen LogP) is 1.74. The Labute approximate surface area is 88.4 Å². The van der Waals surface area contributed by atoms with Crippen molar-refractivity contribution in [3.05, 3.63) is 34.4 Å². The maximum Gasteiger partial charge on any atom is 0.269 e. The first-order chi connectivity index (χ1) is 6.88. The molecule has 0 aliphatic rings. The molecular formula is C10H15N3O2. The van der Waals surface area contributed by atoms with Gasteiger partial charge in [0.25, 0.3) is 5.69 Å². The molecule has 0 saturated heterocycles. The zero-order chi connectivity index (χ0) is 11.5. The smallest absolute Gasteiger partial charge is 0.269 e. The predicted molar refractivity (Wildman–Crippen MR) is 59.9 cm³/mol. The number of anilines is 1. The van der Waals surface area contributed by atoms with E-state index in [9.17, 15) is 10.1 Å². The molecule has 0 spiro atoms. The van der Waals surface area contributed by atoms with Crippen molar-refractivity contribution in [2.45, 2.75) is 19.4 Å². The van der Waals surface area contributed by atoms with Crippen LogP contribution in [0.25, 0.3) is 0 Å². The van der Waals surface area contributed by atoms with Crippen LogP contribution >= 0.6 is 0 Å². The van der Waals surface area contributed by atoms with E-state index >= 15 is 0 Å². The Morgan fingerprint density at radius 2 is 1.93 bits per heavy atom. The minimum atomic E-state index is -0.420. The lowest BCUT2D eigenvalue weighted by Crippen LogP contribution is -2.39. The monoisotopic (exact) mass is 209 g/mol. The zero-order valence-corrected chi connectivity index (χ0v) is 8.86. The number of nitrogens with zero attached hydrogens (tertiary/aromatic N) is 1. The average molecular weight is 209 g/mol. The highest BCUT2D eigenvalue weighted by Gasteiger charge is 2.10. The van der Waals surface area contributed by atoms with Crippen LogP contribution in [0.5, 0.6) is 0 Å². The molecule has 0 aliphatic carbocycles. The van der Waals surface area contributed by atoms with E-state index in [-0.39, 0.29) is 11.2 Å². The maximum absolute atomic E-state index is 10.4. The summed E-state index contributed by atoms with van der Waals surface area (Å²) < 4.78 is 0. The summed E-state index contributed by atoms with van der Waals surface area (Å²) in [4.78, 5) is 9.97. The lowest BCUT2D eigenvalue weighted by atomic mass is 10.1. The summed E-state index contributed by atoms with van der Waals surface area (Å²) in [5.41, 5.74) is 6.41. The van der Waals surface area contributed by atoms with Gasteiger partial charge in [0.05, 0.1) is 4.92 Å². The highest BCUT2D eigenvalue weighted by Crippen LogP contribution is 2.15. The summed E-state index contributed by atoms with van der Waals surface area (Å²) in [6.07, 6.45) is 0. The van der Waals surface area contributed by atoms with E-state index in [1.165, 1.54) is 12.1 Å². The minimum absolute atomic E-state index is 0.0903. The molecule has 5 heteroatoms. The number of rotatable bonds is 4. The summed E-state index contributed by atoms with van der Waals surface area (Å²) in [5.74, 6) is 0. The second-order valence-corrected chi connectivity index (χ2v) is 4.15. The van der Waals surface area contributed by atoms with Gasteiger partial charge in [-0.1, -0.05) is 0 Å². The SMILES string of the molecule is CC(C)(N)CNc1ccc([N+](=O)[O-])cc1. The molecule has 0 amide bonds. The lowest BCUT2D eigenvalue weighted by Gasteiger charge is -2.19. The van der Waals surface area contributed by atoms with Crippen LogP contribution in [0.2, 0.25) is 0 Å². The Morgan fingerprint density at radius 1 is 1.40 bits per heavy atom. The Bertz CT molecular complexity index is 341. The number of nitrogens with one attached hydrogen (secondary N) is 1. The van der Waals surface area contributed by atoms with Gasteiger partial charge in [-0.2, -0.15) is 0 Å². The highest BCUT2D eigenvalue weighted by molar-refractivity contribution is 5.48. The molecule has 0 unspecified atom stereocenters. The fourth-order valence-electron chi connectivity index (χ4n) is 1.03. The van der Waals surface area contributed by atoms with Crippen LogP contribution < -0.4 is 11.1 Å². The fourth-order valence-corrected chi connectivity index (χ4v) is 1.03. The molecular weight excluding hydrogens is 194 g/mol. The van der Waals surface area contributed by atoms with E-state index in [1.54, 1.807) is 12.1 Å². The highest BCUT2D eigenvalue weighted by atomic mass is 16.6. The number of hydrogen-bond acceptors (Lipinski definition) is 4. The van der Waals surface area contributed by atoms with E-state index < -0.39 is 4.92 Å². The van der Waals surface area contributed by atoms with Gasteiger partial charge in [-0.05, 0) is 26.0 Å². The molecule has 3 N–H and O–H groups in total. The van der Waals surface area contributed by atoms with Crippen molar-refractivity contribution in [1.29, 1.82) is 0 Å². The quantitative estimate of drug-likeness (QED) is 0.584. The molecule has 15 heavy (non-hydrogen) atoms. The van der Waals surface area contributed by atoms with Crippen LogP contribution in [-0.2, 0) is 0 Å². The van der Waals surface area contributed by atoms with Gasteiger partial charge in [0.2, 0.25) is 0 Å². The molecule has 5 nitrogen and oxygen atoms in total. The fraction of sp³-hybridized carbons (Fsp3) is 0.400. The molecule has 0 fully saturated rings. The van der Waals surface area contributed by atoms with Crippen molar-refractivity contribution >= 4 is 11.4 Å². The molecule has 82 valence electrons. The van der Waals surface area contributed by atoms with Crippen LogP contribution in [0.4, 0.5) is 11.4 Å². The van der Waals surface area contributed by atoms with Crippen molar-refractivity contribution < 1.29 is 4.92 Å². The first kappa shape index (κ1) is 11.5. The van der Waals surface area contributed by atoms with Crippen molar-refractivity contribution in [3.8, 4) is 0 Å². The van der Waals surface area contributed by atoms with Crippen molar-refractivity contribution in [3.63, 3.8) is 0 Å². The van der Waals surface area contributed by atoms with Gasteiger partial charge >= 0.3 is 0 Å². The molecule has 0 radical (unpaired) electrons. The van der Waals surface area contributed by atoms with Gasteiger partial charge in [0, 0.05) is 29.9 Å². The van der Waals surface area contributed by atoms with Crippen LogP contribution in [-0.4, -0.2) is 17.0 Å². The van der Waals surface area contributed by atoms with E-state index in [0.29, 0.717) is 6.54 Å². The molecule has 1 aromatic carbocycles. The normalized spacial score (nSPS) is 11.1. The Hall–Kier alpha value is -1.62. The van der Waals surface area contributed by atoms with Gasteiger partial charge in [-0.25, -0.2) is 0 Å². The second-order valence-electron chi connectivity index (χ2n) is 4.15. The molecule has 0 saturated carbocycles. The summed E-state index contributed by atoms with van der Waals surface area (Å²) in [6, 6.07) is 6.27. The van der Waals surface area contributed by atoms with Crippen LogP contribution in [0.15, 0.2) is 24.3 Å². The average Bonchev–Trinajstić information content (AvgIpc) is 2.14. The van der Waals surface area contributed by atoms with Crippen LogP contribution in [0.1, 0.15) is 13.8 Å². The summed E-state index contributed by atoms with van der Waals surface area (Å²) in [5, 5.41) is 13.5.